The van der Waals surface area contributed by atoms with Gasteiger partial charge >= 0.3 is 0 Å². The third kappa shape index (κ3) is 3.28. The molecule has 0 radical (unpaired) electrons. The van der Waals surface area contributed by atoms with Gasteiger partial charge < -0.3 is 4.74 Å². The maximum Gasteiger partial charge on any atom is 0.146 e. The summed E-state index contributed by atoms with van der Waals surface area (Å²) in [6.45, 7) is 0.674. The summed E-state index contributed by atoms with van der Waals surface area (Å²) >= 11 is 0. The summed E-state index contributed by atoms with van der Waals surface area (Å²) in [6.07, 6.45) is -0.273. The van der Waals surface area contributed by atoms with E-state index in [2.05, 4.69) is 41.4 Å². The van der Waals surface area contributed by atoms with E-state index < -0.39 is 5.60 Å². The highest BCUT2D eigenvalue weighted by atomic mass is 17.5. The van der Waals surface area contributed by atoms with Crippen molar-refractivity contribution in [2.75, 3.05) is 13.2 Å². The number of hydrogen-bond acceptors (Lipinski definition) is 4. The van der Waals surface area contributed by atoms with Gasteiger partial charge in [-0.2, -0.15) is 4.89 Å². The van der Waals surface area contributed by atoms with Gasteiger partial charge in [-0.15, -0.1) is 0 Å². The molecule has 1 atom stereocenters. The Morgan fingerprint density at radius 2 is 1.19 bits per heavy atom. The van der Waals surface area contributed by atoms with Gasteiger partial charge in [0.05, 0.1) is 6.61 Å². The van der Waals surface area contributed by atoms with Crippen LogP contribution in [-0.4, -0.2) is 19.3 Å². The lowest BCUT2D eigenvalue weighted by atomic mass is 9.80. The topological polar surface area (TPSA) is 36.9 Å². The minimum Gasteiger partial charge on any atom is -0.358 e. The average Bonchev–Trinajstić information content (AvgIpc) is 3.25. The first-order valence-electron chi connectivity index (χ1n) is 8.65. The van der Waals surface area contributed by atoms with Gasteiger partial charge in [-0.05, 0) is 16.7 Å². The lowest BCUT2D eigenvalue weighted by molar-refractivity contribution is -0.461. The largest absolute Gasteiger partial charge is 0.358 e. The Morgan fingerprint density at radius 1 is 0.731 bits per heavy atom. The Labute approximate surface area is 152 Å². The van der Waals surface area contributed by atoms with Crippen molar-refractivity contribution in [3.8, 4) is 0 Å². The molecule has 3 aromatic rings. The molecule has 0 aliphatic carbocycles. The fraction of sp³-hybridized carbons (Fsp3) is 0.182. The van der Waals surface area contributed by atoms with Crippen LogP contribution in [-0.2, 0) is 25.2 Å². The van der Waals surface area contributed by atoms with Crippen LogP contribution in [0.2, 0.25) is 0 Å². The summed E-state index contributed by atoms with van der Waals surface area (Å²) < 4.78 is 6.59. The maximum atomic E-state index is 6.59. The Kier molecular flexibility index (Phi) is 5.09. The predicted octanol–water partition coefficient (Wildman–Crippen LogP) is 4.26. The van der Waals surface area contributed by atoms with Crippen molar-refractivity contribution in [2.45, 2.75) is 11.7 Å². The number of benzene rings is 3. The van der Waals surface area contributed by atoms with Crippen LogP contribution in [0.25, 0.3) is 0 Å². The zero-order valence-electron chi connectivity index (χ0n) is 14.3. The van der Waals surface area contributed by atoms with Gasteiger partial charge in [-0.1, -0.05) is 96.0 Å². The van der Waals surface area contributed by atoms with Crippen LogP contribution >= 0.6 is 0 Å². The molecular weight excluding hydrogens is 328 g/mol. The zero-order chi connectivity index (χ0) is 17.7. The fourth-order valence-corrected chi connectivity index (χ4v) is 3.28. The fourth-order valence-electron chi connectivity index (χ4n) is 3.28. The minimum atomic E-state index is -0.754. The van der Waals surface area contributed by atoms with Crippen molar-refractivity contribution < 1.29 is 19.6 Å². The molecule has 0 aromatic heterocycles. The summed E-state index contributed by atoms with van der Waals surface area (Å²) in [5.74, 6) is 0. The summed E-state index contributed by atoms with van der Waals surface area (Å²) in [7, 11) is 0. The first kappa shape index (κ1) is 16.9. The summed E-state index contributed by atoms with van der Waals surface area (Å²) in [4.78, 5) is 9.95. The third-order valence-electron chi connectivity index (χ3n) is 4.50. The van der Waals surface area contributed by atoms with E-state index in [1.807, 2.05) is 54.6 Å². The summed E-state index contributed by atoms with van der Waals surface area (Å²) in [5, 5.41) is 4.56. The molecule has 1 fully saturated rings. The third-order valence-corrected chi connectivity index (χ3v) is 4.50. The molecule has 0 amide bonds. The molecule has 1 unspecified atom stereocenters. The SMILES string of the molecule is c1ccc(C(OCC2COOO2)(c2ccccc2)c2ccccc2)cc1. The standard InChI is InChI=1S/C22H20O4/c1-4-10-18(11-5-1)22(19-12-6-2-7-13-19,20-14-8-3-9-15-20)23-16-21-17-24-26-25-21/h1-15,21H,16-17H2. The number of hydrogen-bond donors (Lipinski definition) is 0. The second kappa shape index (κ2) is 7.81. The predicted molar refractivity (Wildman–Crippen MR) is 97.1 cm³/mol. The molecule has 26 heavy (non-hydrogen) atoms. The monoisotopic (exact) mass is 348 g/mol. The second-order valence-electron chi connectivity index (χ2n) is 6.16. The molecule has 0 spiro atoms. The van der Waals surface area contributed by atoms with E-state index in [-0.39, 0.29) is 6.10 Å². The van der Waals surface area contributed by atoms with E-state index >= 15 is 0 Å². The van der Waals surface area contributed by atoms with Crippen LogP contribution in [0.5, 0.6) is 0 Å². The highest BCUT2D eigenvalue weighted by Gasteiger charge is 2.38. The molecule has 4 heteroatoms. The van der Waals surface area contributed by atoms with E-state index in [1.54, 1.807) is 0 Å². The van der Waals surface area contributed by atoms with E-state index in [0.29, 0.717) is 13.2 Å². The zero-order valence-corrected chi connectivity index (χ0v) is 14.3. The van der Waals surface area contributed by atoms with Crippen LogP contribution in [0.15, 0.2) is 91.0 Å². The van der Waals surface area contributed by atoms with Crippen molar-refractivity contribution in [1.29, 1.82) is 0 Å². The Bertz CT molecular complexity index is 703. The maximum absolute atomic E-state index is 6.59. The van der Waals surface area contributed by atoms with Gasteiger partial charge in [0.25, 0.3) is 0 Å². The number of ether oxygens (including phenoxy) is 1. The molecule has 1 heterocycles. The van der Waals surface area contributed by atoms with Gasteiger partial charge in [-0.25, -0.2) is 4.89 Å². The highest BCUT2D eigenvalue weighted by molar-refractivity contribution is 5.47. The van der Waals surface area contributed by atoms with Crippen molar-refractivity contribution in [2.24, 2.45) is 0 Å². The molecule has 0 bridgehead atoms. The molecule has 4 rings (SSSR count). The minimum absolute atomic E-state index is 0.273. The lowest BCUT2D eigenvalue weighted by Crippen LogP contribution is -2.36. The molecule has 0 saturated carbocycles. The van der Waals surface area contributed by atoms with Crippen LogP contribution in [0.4, 0.5) is 0 Å². The van der Waals surface area contributed by atoms with Gasteiger partial charge in [0.2, 0.25) is 0 Å². The lowest BCUT2D eigenvalue weighted by Gasteiger charge is -2.36. The van der Waals surface area contributed by atoms with Crippen LogP contribution < -0.4 is 0 Å². The van der Waals surface area contributed by atoms with E-state index in [0.717, 1.165) is 16.7 Å². The first-order chi connectivity index (χ1) is 12.9. The molecule has 1 aliphatic heterocycles. The molecule has 0 N–H and O–H groups in total. The van der Waals surface area contributed by atoms with Crippen molar-refractivity contribution in [1.82, 2.24) is 0 Å². The second-order valence-corrected chi connectivity index (χ2v) is 6.16. The van der Waals surface area contributed by atoms with Crippen molar-refractivity contribution in [3.63, 3.8) is 0 Å². The van der Waals surface area contributed by atoms with Crippen molar-refractivity contribution in [3.05, 3.63) is 108 Å². The molecule has 1 aliphatic rings. The van der Waals surface area contributed by atoms with Gasteiger partial charge in [0.15, 0.2) is 0 Å². The molecule has 4 nitrogen and oxygen atoms in total. The summed E-state index contributed by atoms with van der Waals surface area (Å²) in [5.41, 5.74) is 2.40. The van der Waals surface area contributed by atoms with Crippen LogP contribution in [0.1, 0.15) is 16.7 Å². The molecular formula is C22H20O4. The van der Waals surface area contributed by atoms with Gasteiger partial charge in [0, 0.05) is 0 Å². The van der Waals surface area contributed by atoms with E-state index in [4.69, 9.17) is 14.5 Å². The Morgan fingerprint density at radius 3 is 1.58 bits per heavy atom. The van der Waals surface area contributed by atoms with Gasteiger partial charge in [-0.3, -0.25) is 0 Å². The quantitative estimate of drug-likeness (QED) is 0.493. The Hall–Kier alpha value is -2.50. The smallest absolute Gasteiger partial charge is 0.146 e. The van der Waals surface area contributed by atoms with Crippen LogP contribution in [0, 0.1) is 0 Å². The normalized spacial score (nSPS) is 17.3. The molecule has 3 aromatic carbocycles. The van der Waals surface area contributed by atoms with Gasteiger partial charge in [0.1, 0.15) is 18.3 Å². The Balaban J connectivity index is 1.84. The molecule has 1 saturated heterocycles. The van der Waals surface area contributed by atoms with E-state index in [9.17, 15) is 0 Å². The number of rotatable bonds is 6. The molecule has 132 valence electrons. The van der Waals surface area contributed by atoms with Crippen molar-refractivity contribution >= 4 is 0 Å². The van der Waals surface area contributed by atoms with Crippen LogP contribution in [0.3, 0.4) is 0 Å². The van der Waals surface area contributed by atoms with E-state index in [1.165, 1.54) is 0 Å². The first-order valence-corrected chi connectivity index (χ1v) is 8.65. The average molecular weight is 348 g/mol. The summed E-state index contributed by atoms with van der Waals surface area (Å²) in [6, 6.07) is 30.7. The highest BCUT2D eigenvalue weighted by Crippen LogP contribution is 2.40.